The van der Waals surface area contributed by atoms with E-state index in [1.165, 1.54) is 0 Å². The van der Waals surface area contributed by atoms with Crippen LogP contribution in [-0.2, 0) is 6.61 Å². The van der Waals surface area contributed by atoms with Gasteiger partial charge in [0.2, 0.25) is 0 Å². The highest BCUT2D eigenvalue weighted by molar-refractivity contribution is 6.91. The SMILES string of the molecule is CC(C)[Si](C#Cc1ccc(-c2c3nc(c(CO)c4nc(c(-c5ccc(C#C[Si](C(C)C)(C(C)C)C(C)C)cc5)c5ccc(cc6ccc2[nH]6)[nH]5)C=C4)C=C3)cc1)(C(C)C)C(C)C. The van der Waals surface area contributed by atoms with E-state index in [-0.39, 0.29) is 6.61 Å². The van der Waals surface area contributed by atoms with Crippen molar-refractivity contribution in [2.45, 2.75) is 123 Å². The summed E-state index contributed by atoms with van der Waals surface area (Å²) in [5.74, 6) is 7.24. The number of aliphatic hydroxyl groups excluding tert-OH is 1. The molecule has 3 N–H and O–H groups in total. The van der Waals surface area contributed by atoms with Gasteiger partial charge in [0.1, 0.15) is 16.1 Å². The number of rotatable bonds is 9. The summed E-state index contributed by atoms with van der Waals surface area (Å²) in [4.78, 5) is 17.8. The van der Waals surface area contributed by atoms with Gasteiger partial charge in [-0.25, -0.2) is 9.97 Å². The molecule has 62 heavy (non-hydrogen) atoms. The van der Waals surface area contributed by atoms with Crippen LogP contribution in [0.4, 0.5) is 0 Å². The Morgan fingerprint density at radius 2 is 0.806 bits per heavy atom. The monoisotopic (exact) mass is 852 g/mol. The second-order valence-electron chi connectivity index (χ2n) is 19.1. The standard InChI is InChI=1S/C55H64N4OSi2/c1-35(2)61(36(3)4,37(5)6)31-29-41-13-17-43(18-14-41)54-50-23-21-45(56-50)33-46-22-24-51(57-46)55(53-28-26-49(59-53)47(34-60)48-25-27-52(54)58-48)44-19-15-42(16-20-44)30-32-62(38(7)8,39(9)10)40(11)12/h13-28,33,35-40,56-57,60H,34H2,1-12H3. The van der Waals surface area contributed by atoms with Crippen LogP contribution in [0.5, 0.6) is 0 Å². The number of nitrogens with one attached hydrogen (secondary N) is 2. The molecular weight excluding hydrogens is 789 g/mol. The van der Waals surface area contributed by atoms with Gasteiger partial charge in [0, 0.05) is 49.9 Å². The molecule has 0 aliphatic carbocycles. The van der Waals surface area contributed by atoms with Crippen LogP contribution >= 0.6 is 0 Å². The maximum absolute atomic E-state index is 10.9. The number of hydrogen-bond acceptors (Lipinski definition) is 3. The molecule has 5 aromatic rings. The minimum Gasteiger partial charge on any atom is -0.392 e. The van der Waals surface area contributed by atoms with Gasteiger partial charge in [0.05, 0.1) is 29.4 Å². The minimum atomic E-state index is -1.87. The first kappa shape index (κ1) is 44.6. The van der Waals surface area contributed by atoms with Crippen LogP contribution in [0.15, 0.2) is 78.9 Å². The molecule has 0 saturated heterocycles. The van der Waals surface area contributed by atoms with Crippen molar-refractivity contribution in [1.82, 2.24) is 19.9 Å². The Morgan fingerprint density at radius 3 is 1.13 bits per heavy atom. The molecule has 0 amide bonds. The second kappa shape index (κ2) is 18.1. The molecule has 0 radical (unpaired) electrons. The van der Waals surface area contributed by atoms with E-state index in [1.54, 1.807) is 0 Å². The lowest BCUT2D eigenvalue weighted by atomic mass is 10.0. The molecular formula is C55H64N4OSi2. The highest BCUT2D eigenvalue weighted by Gasteiger charge is 2.42. The van der Waals surface area contributed by atoms with Crippen molar-refractivity contribution in [3.63, 3.8) is 0 Å². The first-order chi connectivity index (χ1) is 29.6. The quantitative estimate of drug-likeness (QED) is 0.1000. The lowest BCUT2D eigenvalue weighted by molar-refractivity contribution is 0.280. The largest absolute Gasteiger partial charge is 0.392 e. The van der Waals surface area contributed by atoms with Crippen LogP contribution in [0.3, 0.4) is 0 Å². The first-order valence-electron chi connectivity index (χ1n) is 22.6. The Hall–Kier alpha value is -5.45. The summed E-state index contributed by atoms with van der Waals surface area (Å²) < 4.78 is 0. The average Bonchev–Trinajstić information content (AvgIpc) is 4.07. The summed E-state index contributed by atoms with van der Waals surface area (Å²) in [5.41, 5.74) is 24.8. The summed E-state index contributed by atoms with van der Waals surface area (Å²) in [6, 6.07) is 27.8. The number of aliphatic hydroxyl groups is 1. The molecule has 2 aliphatic rings. The summed E-state index contributed by atoms with van der Waals surface area (Å²) >= 11 is 0. The second-order valence-corrected chi connectivity index (χ2v) is 30.2. The Balaban J connectivity index is 1.37. The molecule has 0 fully saturated rings. The van der Waals surface area contributed by atoms with Crippen LogP contribution in [0.25, 0.3) is 68.6 Å². The van der Waals surface area contributed by atoms with Gasteiger partial charge in [0.15, 0.2) is 0 Å². The molecule has 5 heterocycles. The molecule has 7 rings (SSSR count). The normalized spacial score (nSPS) is 12.8. The van der Waals surface area contributed by atoms with Crippen molar-refractivity contribution in [2.75, 3.05) is 0 Å². The lowest BCUT2D eigenvalue weighted by Crippen LogP contribution is -2.43. The molecule has 2 aliphatic heterocycles. The highest BCUT2D eigenvalue weighted by Crippen LogP contribution is 2.42. The predicted molar refractivity (Wildman–Crippen MR) is 272 cm³/mol. The van der Waals surface area contributed by atoms with Gasteiger partial charge in [-0.3, -0.25) is 0 Å². The van der Waals surface area contributed by atoms with Crippen LogP contribution < -0.4 is 0 Å². The van der Waals surface area contributed by atoms with E-state index < -0.39 is 16.1 Å². The van der Waals surface area contributed by atoms with E-state index in [4.69, 9.17) is 9.97 Å². The summed E-state index contributed by atoms with van der Waals surface area (Å²) in [7, 11) is -3.74. The fraction of sp³-hybridized carbons (Fsp3) is 0.345. The van der Waals surface area contributed by atoms with Gasteiger partial charge < -0.3 is 15.1 Å². The molecule has 3 aromatic heterocycles. The number of aromatic nitrogens is 4. The smallest absolute Gasteiger partial charge is 0.146 e. The van der Waals surface area contributed by atoms with Crippen molar-refractivity contribution < 1.29 is 5.11 Å². The molecule has 8 bridgehead atoms. The Morgan fingerprint density at radius 1 is 0.468 bits per heavy atom. The fourth-order valence-electron chi connectivity index (χ4n) is 10.6. The molecule has 7 heteroatoms. The van der Waals surface area contributed by atoms with Gasteiger partial charge in [0.25, 0.3) is 0 Å². The van der Waals surface area contributed by atoms with Gasteiger partial charge in [-0.2, -0.15) is 0 Å². The molecule has 318 valence electrons. The zero-order valence-corrected chi connectivity index (χ0v) is 40.8. The number of benzene rings is 2. The van der Waals surface area contributed by atoms with E-state index in [0.717, 1.165) is 66.8 Å². The summed E-state index contributed by atoms with van der Waals surface area (Å²) in [6.45, 7) is 28.0. The molecule has 0 saturated carbocycles. The zero-order valence-electron chi connectivity index (χ0n) is 38.8. The summed E-state index contributed by atoms with van der Waals surface area (Å²) in [5, 5.41) is 10.9. The third kappa shape index (κ3) is 8.39. The number of hydrogen-bond donors (Lipinski definition) is 3. The van der Waals surface area contributed by atoms with Gasteiger partial charge in [-0.15, -0.1) is 11.1 Å². The van der Waals surface area contributed by atoms with E-state index >= 15 is 0 Å². The van der Waals surface area contributed by atoms with Crippen molar-refractivity contribution in [2.24, 2.45) is 0 Å². The van der Waals surface area contributed by atoms with Crippen LogP contribution in [0, 0.1) is 22.9 Å². The zero-order chi connectivity index (χ0) is 44.5. The third-order valence-corrected chi connectivity index (χ3v) is 26.3. The number of fused-ring (bicyclic) bond motifs is 8. The minimum absolute atomic E-state index is 0.200. The van der Waals surface area contributed by atoms with E-state index in [2.05, 4.69) is 195 Å². The van der Waals surface area contributed by atoms with Crippen LogP contribution in [0.2, 0.25) is 33.2 Å². The average molecular weight is 853 g/mol. The molecule has 5 nitrogen and oxygen atoms in total. The molecule has 0 spiro atoms. The Labute approximate surface area is 372 Å². The summed E-state index contributed by atoms with van der Waals surface area (Å²) in [6.07, 6.45) is 8.08. The highest BCUT2D eigenvalue weighted by atomic mass is 28.3. The maximum Gasteiger partial charge on any atom is 0.146 e. The molecule has 0 unspecified atom stereocenters. The number of aromatic amines is 2. The fourth-order valence-corrected chi connectivity index (χ4v) is 21.1. The first-order valence-corrected chi connectivity index (χ1v) is 27.1. The van der Waals surface area contributed by atoms with Crippen molar-refractivity contribution in [3.8, 4) is 45.2 Å². The molecule has 0 atom stereocenters. The van der Waals surface area contributed by atoms with Crippen LogP contribution in [-0.4, -0.2) is 41.2 Å². The topological polar surface area (TPSA) is 77.6 Å². The predicted octanol–water partition coefficient (Wildman–Crippen LogP) is 14.6. The van der Waals surface area contributed by atoms with Crippen molar-refractivity contribution >= 4 is 62.5 Å². The van der Waals surface area contributed by atoms with Crippen LogP contribution in [0.1, 0.15) is 123 Å². The Bertz CT molecular complexity index is 2580. The van der Waals surface area contributed by atoms with Gasteiger partial charge in [-0.05, 0) is 123 Å². The maximum atomic E-state index is 10.9. The van der Waals surface area contributed by atoms with E-state index in [1.807, 2.05) is 24.3 Å². The van der Waals surface area contributed by atoms with Crippen molar-refractivity contribution in [3.05, 3.63) is 118 Å². The molecule has 2 aromatic carbocycles. The van der Waals surface area contributed by atoms with E-state index in [0.29, 0.717) is 50.2 Å². The number of nitrogens with zero attached hydrogens (tertiary/aromatic N) is 2. The van der Waals surface area contributed by atoms with E-state index in [9.17, 15) is 5.11 Å². The lowest BCUT2D eigenvalue weighted by Gasteiger charge is -2.38. The van der Waals surface area contributed by atoms with Gasteiger partial charge in [-0.1, -0.05) is 119 Å². The van der Waals surface area contributed by atoms with Gasteiger partial charge >= 0.3 is 0 Å². The van der Waals surface area contributed by atoms with Crippen molar-refractivity contribution in [1.29, 1.82) is 0 Å². The Kier molecular flexibility index (Phi) is 13.0. The third-order valence-electron chi connectivity index (χ3n) is 13.8. The number of H-pyrrole nitrogens is 2.